The predicted molar refractivity (Wildman–Crippen MR) is 95.2 cm³/mol. The Hall–Kier alpha value is -3.40. The van der Waals surface area contributed by atoms with E-state index in [9.17, 15) is 19.8 Å². The molecule has 0 bridgehead atoms. The number of hydrogen-bond acceptors (Lipinski definition) is 2. The van der Waals surface area contributed by atoms with Gasteiger partial charge in [0.2, 0.25) is 0 Å². The minimum atomic E-state index is -1.32. The van der Waals surface area contributed by atoms with Gasteiger partial charge in [0.05, 0.1) is 11.1 Å². The van der Waals surface area contributed by atoms with Crippen LogP contribution < -0.4 is 0 Å². The Kier molecular flexibility index (Phi) is 5.12. The molecule has 2 rings (SSSR count). The van der Waals surface area contributed by atoms with E-state index in [1.165, 1.54) is 12.2 Å². The van der Waals surface area contributed by atoms with Crippen molar-refractivity contribution in [3.63, 3.8) is 0 Å². The molecule has 0 amide bonds. The predicted octanol–water partition coefficient (Wildman–Crippen LogP) is 4.05. The van der Waals surface area contributed by atoms with E-state index < -0.39 is 11.9 Å². The normalized spacial score (nSPS) is 11.3. The number of carboxylic acids is 2. The summed E-state index contributed by atoms with van der Waals surface area (Å²) >= 11 is 0. The van der Waals surface area contributed by atoms with E-state index >= 15 is 0 Å². The molecular weight excluding hydrogens is 304 g/mol. The second kappa shape index (κ2) is 7.24. The van der Waals surface area contributed by atoms with Crippen molar-refractivity contribution in [3.8, 4) is 0 Å². The van der Waals surface area contributed by atoms with Crippen LogP contribution >= 0.6 is 0 Å². The first-order valence-corrected chi connectivity index (χ1v) is 7.15. The summed E-state index contributed by atoms with van der Waals surface area (Å²) in [4.78, 5) is 23.8. The maximum atomic E-state index is 11.9. The van der Waals surface area contributed by atoms with Crippen LogP contribution in [0.2, 0.25) is 0 Å². The maximum absolute atomic E-state index is 11.9. The molecule has 0 spiro atoms. The summed E-state index contributed by atoms with van der Waals surface area (Å²) in [5, 5.41) is 19.4. The third-order valence-electron chi connectivity index (χ3n) is 3.58. The molecule has 2 aromatic rings. The van der Waals surface area contributed by atoms with Gasteiger partial charge in [-0.1, -0.05) is 73.8 Å². The summed E-state index contributed by atoms with van der Waals surface area (Å²) in [5.41, 5.74) is 1.13. The molecule has 0 fully saturated rings. The van der Waals surface area contributed by atoms with E-state index in [4.69, 9.17) is 0 Å². The summed E-state index contributed by atoms with van der Waals surface area (Å²) in [6, 6.07) is 13.3. The lowest BCUT2D eigenvalue weighted by Crippen LogP contribution is -2.11. The number of carboxylic acid groups (broad SMARTS) is 2. The first kappa shape index (κ1) is 17.0. The van der Waals surface area contributed by atoms with Crippen LogP contribution in [-0.4, -0.2) is 22.2 Å². The summed E-state index contributed by atoms with van der Waals surface area (Å²) in [7, 11) is 0. The van der Waals surface area contributed by atoms with Crippen LogP contribution in [0.1, 0.15) is 22.3 Å². The Bertz CT molecular complexity index is 788. The molecule has 4 nitrogen and oxygen atoms in total. The Labute approximate surface area is 139 Å². The van der Waals surface area contributed by atoms with Gasteiger partial charge in [0.1, 0.15) is 0 Å². The Morgan fingerprint density at radius 2 is 1.04 bits per heavy atom. The Balaban J connectivity index is 2.94. The lowest BCUT2D eigenvalue weighted by atomic mass is 9.89. The van der Waals surface area contributed by atoms with E-state index in [1.54, 1.807) is 48.5 Å². The van der Waals surface area contributed by atoms with E-state index in [0.717, 1.165) is 0 Å². The molecule has 4 heteroatoms. The maximum Gasteiger partial charge on any atom is 0.337 e. The van der Waals surface area contributed by atoms with E-state index in [0.29, 0.717) is 22.3 Å². The van der Waals surface area contributed by atoms with Crippen LogP contribution in [0.15, 0.2) is 61.7 Å². The van der Waals surface area contributed by atoms with Gasteiger partial charge in [0.15, 0.2) is 0 Å². The van der Waals surface area contributed by atoms with Crippen LogP contribution in [0.25, 0.3) is 23.3 Å². The smallest absolute Gasteiger partial charge is 0.337 e. The fourth-order valence-corrected chi connectivity index (χ4v) is 2.52. The molecule has 120 valence electrons. The first-order valence-electron chi connectivity index (χ1n) is 7.15. The molecule has 0 aliphatic heterocycles. The highest BCUT2D eigenvalue weighted by molar-refractivity contribution is 6.37. The van der Waals surface area contributed by atoms with Crippen LogP contribution in [0.3, 0.4) is 0 Å². The van der Waals surface area contributed by atoms with Gasteiger partial charge >= 0.3 is 11.9 Å². The van der Waals surface area contributed by atoms with Crippen molar-refractivity contribution in [2.24, 2.45) is 0 Å². The fraction of sp³-hybridized carbons (Fsp3) is 0. The van der Waals surface area contributed by atoms with Gasteiger partial charge in [-0.05, 0) is 22.3 Å². The van der Waals surface area contributed by atoms with Gasteiger partial charge in [-0.2, -0.15) is 0 Å². The highest BCUT2D eigenvalue weighted by Crippen LogP contribution is 2.31. The molecule has 2 N–H and O–H groups in total. The summed E-state index contributed by atoms with van der Waals surface area (Å²) in [6.07, 6.45) is 2.99. The van der Waals surface area contributed by atoms with E-state index in [-0.39, 0.29) is 11.1 Å². The molecule has 0 saturated heterocycles. The molecule has 0 atom stereocenters. The van der Waals surface area contributed by atoms with Gasteiger partial charge in [0, 0.05) is 0 Å². The second-order valence-electron chi connectivity index (χ2n) is 4.94. The van der Waals surface area contributed by atoms with E-state index in [2.05, 4.69) is 13.2 Å². The van der Waals surface area contributed by atoms with Crippen LogP contribution in [0.4, 0.5) is 0 Å². The van der Waals surface area contributed by atoms with Crippen LogP contribution in [0, 0.1) is 0 Å². The topological polar surface area (TPSA) is 74.6 Å². The molecule has 0 unspecified atom stereocenters. The average molecular weight is 320 g/mol. The average Bonchev–Trinajstić information content (AvgIpc) is 2.59. The number of hydrogen-bond donors (Lipinski definition) is 2. The Morgan fingerprint density at radius 1 is 0.708 bits per heavy atom. The quantitative estimate of drug-likeness (QED) is 0.622. The van der Waals surface area contributed by atoms with Crippen LogP contribution in [0.5, 0.6) is 0 Å². The second-order valence-corrected chi connectivity index (χ2v) is 4.94. The zero-order valence-corrected chi connectivity index (χ0v) is 12.9. The van der Waals surface area contributed by atoms with Crippen molar-refractivity contribution in [2.45, 2.75) is 0 Å². The van der Waals surface area contributed by atoms with Gasteiger partial charge in [0.25, 0.3) is 0 Å². The van der Waals surface area contributed by atoms with Crippen molar-refractivity contribution in [2.75, 3.05) is 0 Å². The molecule has 2 aromatic carbocycles. The summed E-state index contributed by atoms with van der Waals surface area (Å²) < 4.78 is 0. The highest BCUT2D eigenvalue weighted by Gasteiger charge is 2.25. The zero-order valence-electron chi connectivity index (χ0n) is 12.9. The van der Waals surface area contributed by atoms with Gasteiger partial charge < -0.3 is 10.2 Å². The number of aliphatic carboxylic acids is 2. The van der Waals surface area contributed by atoms with Gasteiger partial charge in [-0.15, -0.1) is 0 Å². The molecule has 0 radical (unpaired) electrons. The molecule has 24 heavy (non-hydrogen) atoms. The zero-order chi connectivity index (χ0) is 17.7. The number of carbonyl (C=O) groups is 2. The third kappa shape index (κ3) is 3.17. The lowest BCUT2D eigenvalue weighted by Gasteiger charge is -2.14. The SMILES string of the molecule is C=Cc1ccccc1/C(C(=O)O)=C(/C(=O)O)c1ccccc1C=C. The van der Waals surface area contributed by atoms with Gasteiger partial charge in [-0.25, -0.2) is 9.59 Å². The molecule has 0 saturated carbocycles. The van der Waals surface area contributed by atoms with Gasteiger partial charge in [-0.3, -0.25) is 0 Å². The fourth-order valence-electron chi connectivity index (χ4n) is 2.52. The van der Waals surface area contributed by atoms with Crippen molar-refractivity contribution < 1.29 is 19.8 Å². The highest BCUT2D eigenvalue weighted by atomic mass is 16.4. The summed E-state index contributed by atoms with van der Waals surface area (Å²) in [5.74, 6) is -2.64. The van der Waals surface area contributed by atoms with Crippen LogP contribution in [-0.2, 0) is 9.59 Å². The van der Waals surface area contributed by atoms with Crippen molar-refractivity contribution in [1.82, 2.24) is 0 Å². The monoisotopic (exact) mass is 320 g/mol. The lowest BCUT2D eigenvalue weighted by molar-refractivity contribution is -0.132. The number of benzene rings is 2. The van der Waals surface area contributed by atoms with Crippen molar-refractivity contribution in [1.29, 1.82) is 0 Å². The van der Waals surface area contributed by atoms with Crippen molar-refractivity contribution >= 4 is 35.2 Å². The minimum absolute atomic E-state index is 0.285. The molecule has 0 aliphatic rings. The van der Waals surface area contributed by atoms with Crippen molar-refractivity contribution in [3.05, 3.63) is 83.9 Å². The third-order valence-corrected chi connectivity index (χ3v) is 3.58. The minimum Gasteiger partial charge on any atom is -0.478 e. The standard InChI is InChI=1S/C20H16O4/c1-3-13-9-5-7-11-15(13)17(19(21)22)18(20(23)24)16-12-8-6-10-14(16)4-2/h3-12H,1-2H2,(H,21,22)(H,23,24)/b18-17-. The molecule has 0 aliphatic carbocycles. The number of rotatable bonds is 6. The van der Waals surface area contributed by atoms with E-state index in [1.807, 2.05) is 0 Å². The molecule has 0 aromatic heterocycles. The summed E-state index contributed by atoms with van der Waals surface area (Å²) in [6.45, 7) is 7.33. The largest absolute Gasteiger partial charge is 0.478 e. The first-order chi connectivity index (χ1) is 11.5. The Morgan fingerprint density at radius 3 is 1.33 bits per heavy atom. The molecular formula is C20H16O4. The molecule has 0 heterocycles.